The van der Waals surface area contributed by atoms with E-state index in [0.717, 1.165) is 5.56 Å². The largest absolute Gasteiger partial charge is 0.506 e. The molecule has 0 aliphatic rings. The van der Waals surface area contributed by atoms with Gasteiger partial charge in [0.15, 0.2) is 0 Å². The number of benzene rings is 3. The molecule has 28 heavy (non-hydrogen) atoms. The second-order valence-corrected chi connectivity index (χ2v) is 6.76. The van der Waals surface area contributed by atoms with Crippen molar-refractivity contribution in [2.45, 2.75) is 6.61 Å². The first-order valence-corrected chi connectivity index (χ1v) is 9.19. The zero-order chi connectivity index (χ0) is 19.9. The average molecular weight is 441 g/mol. The summed E-state index contributed by atoms with van der Waals surface area (Å²) in [6.45, 7) is 0.118. The van der Waals surface area contributed by atoms with E-state index in [9.17, 15) is 14.7 Å². The van der Waals surface area contributed by atoms with Crippen LogP contribution in [0.4, 0.5) is 16.2 Å². The Morgan fingerprint density at radius 1 is 0.893 bits per heavy atom. The van der Waals surface area contributed by atoms with Crippen LogP contribution in [-0.2, 0) is 11.3 Å². The molecule has 0 aliphatic heterocycles. The summed E-state index contributed by atoms with van der Waals surface area (Å²) in [5.74, 6) is -0.545. The molecule has 3 rings (SSSR count). The fraction of sp³-hybridized carbons (Fsp3) is 0.0476. The molecule has 0 bridgehead atoms. The highest BCUT2D eigenvalue weighted by atomic mass is 79.9. The van der Waals surface area contributed by atoms with E-state index in [1.165, 1.54) is 6.07 Å². The zero-order valence-corrected chi connectivity index (χ0v) is 16.3. The lowest BCUT2D eigenvalue weighted by Gasteiger charge is -2.12. The maximum Gasteiger partial charge on any atom is 0.411 e. The van der Waals surface area contributed by atoms with Gasteiger partial charge in [0.05, 0.1) is 16.9 Å². The third kappa shape index (κ3) is 5.11. The summed E-state index contributed by atoms with van der Waals surface area (Å²) in [6, 6.07) is 20.5. The SMILES string of the molecule is O=C(Nc1ccccc1C(=O)Nc1cc(Br)ccc1O)OCc1ccccc1. The first-order valence-electron chi connectivity index (χ1n) is 8.39. The molecule has 0 unspecified atom stereocenters. The number of amides is 2. The number of hydrogen-bond donors (Lipinski definition) is 3. The number of carbonyl (C=O) groups excluding carboxylic acids is 2. The number of ether oxygens (including phenoxy) is 1. The van der Waals surface area contributed by atoms with Crippen LogP contribution in [0.5, 0.6) is 5.75 Å². The second-order valence-electron chi connectivity index (χ2n) is 5.85. The van der Waals surface area contributed by atoms with Crippen molar-refractivity contribution in [1.82, 2.24) is 0 Å². The topological polar surface area (TPSA) is 87.7 Å². The number of phenolic OH excluding ortho intramolecular Hbond substituents is 1. The molecule has 0 atom stereocenters. The van der Waals surface area contributed by atoms with Gasteiger partial charge in [-0.15, -0.1) is 0 Å². The van der Waals surface area contributed by atoms with Gasteiger partial charge in [-0.3, -0.25) is 10.1 Å². The fourth-order valence-electron chi connectivity index (χ4n) is 2.46. The molecular weight excluding hydrogens is 424 g/mol. The van der Waals surface area contributed by atoms with Crippen molar-refractivity contribution in [3.8, 4) is 5.75 Å². The summed E-state index contributed by atoms with van der Waals surface area (Å²) < 4.78 is 5.90. The van der Waals surface area contributed by atoms with Crippen molar-refractivity contribution in [3.63, 3.8) is 0 Å². The van der Waals surface area contributed by atoms with Crippen LogP contribution in [0.2, 0.25) is 0 Å². The molecule has 0 fully saturated rings. The predicted octanol–water partition coefficient (Wildman–Crippen LogP) is 5.16. The number of aromatic hydroxyl groups is 1. The van der Waals surface area contributed by atoms with Crippen LogP contribution in [0.25, 0.3) is 0 Å². The Morgan fingerprint density at radius 3 is 2.39 bits per heavy atom. The Kier molecular flexibility index (Phi) is 6.29. The number of rotatable bonds is 5. The number of phenols is 1. The van der Waals surface area contributed by atoms with Crippen molar-refractivity contribution in [2.24, 2.45) is 0 Å². The summed E-state index contributed by atoms with van der Waals surface area (Å²) in [7, 11) is 0. The summed E-state index contributed by atoms with van der Waals surface area (Å²) in [4.78, 5) is 24.7. The Bertz CT molecular complexity index is 993. The lowest BCUT2D eigenvalue weighted by Crippen LogP contribution is -2.19. The van der Waals surface area contributed by atoms with Gasteiger partial charge in [-0.25, -0.2) is 4.79 Å². The molecule has 0 aliphatic carbocycles. The molecule has 0 heterocycles. The van der Waals surface area contributed by atoms with Gasteiger partial charge in [-0.05, 0) is 35.9 Å². The van der Waals surface area contributed by atoms with E-state index in [-0.39, 0.29) is 23.6 Å². The van der Waals surface area contributed by atoms with E-state index >= 15 is 0 Å². The number of para-hydroxylation sites is 1. The molecule has 0 saturated heterocycles. The van der Waals surface area contributed by atoms with Gasteiger partial charge in [0.1, 0.15) is 12.4 Å². The molecule has 142 valence electrons. The number of nitrogens with one attached hydrogen (secondary N) is 2. The van der Waals surface area contributed by atoms with Crippen LogP contribution in [0.1, 0.15) is 15.9 Å². The normalized spacial score (nSPS) is 10.2. The third-order valence-electron chi connectivity index (χ3n) is 3.83. The van der Waals surface area contributed by atoms with Crippen LogP contribution in [-0.4, -0.2) is 17.1 Å². The minimum Gasteiger partial charge on any atom is -0.506 e. The van der Waals surface area contributed by atoms with Crippen LogP contribution < -0.4 is 10.6 Å². The van der Waals surface area contributed by atoms with Crippen LogP contribution in [0, 0.1) is 0 Å². The summed E-state index contributed by atoms with van der Waals surface area (Å²) in [5.41, 5.74) is 1.64. The average Bonchev–Trinajstić information content (AvgIpc) is 2.70. The van der Waals surface area contributed by atoms with E-state index in [0.29, 0.717) is 10.2 Å². The van der Waals surface area contributed by atoms with Gasteiger partial charge in [-0.1, -0.05) is 58.4 Å². The van der Waals surface area contributed by atoms with E-state index in [1.54, 1.807) is 36.4 Å². The highest BCUT2D eigenvalue weighted by Crippen LogP contribution is 2.28. The number of hydrogen-bond acceptors (Lipinski definition) is 4. The fourth-order valence-corrected chi connectivity index (χ4v) is 2.82. The quantitative estimate of drug-likeness (QED) is 0.478. The van der Waals surface area contributed by atoms with Gasteiger partial charge in [-0.2, -0.15) is 0 Å². The molecule has 0 spiro atoms. The summed E-state index contributed by atoms with van der Waals surface area (Å²) in [6.07, 6.45) is -0.672. The maximum absolute atomic E-state index is 12.6. The van der Waals surface area contributed by atoms with Gasteiger partial charge < -0.3 is 15.2 Å². The Hall–Kier alpha value is -3.32. The van der Waals surface area contributed by atoms with Crippen molar-refractivity contribution in [3.05, 3.63) is 88.4 Å². The van der Waals surface area contributed by atoms with E-state index in [2.05, 4.69) is 26.6 Å². The number of halogens is 1. The third-order valence-corrected chi connectivity index (χ3v) is 4.32. The van der Waals surface area contributed by atoms with Crippen LogP contribution in [0.3, 0.4) is 0 Å². The summed E-state index contributed by atoms with van der Waals surface area (Å²) in [5, 5.41) is 15.1. The maximum atomic E-state index is 12.6. The molecule has 0 aromatic heterocycles. The van der Waals surface area contributed by atoms with Gasteiger partial charge in [0.25, 0.3) is 5.91 Å². The first kappa shape index (κ1) is 19.4. The molecule has 3 aromatic rings. The molecule has 3 aromatic carbocycles. The highest BCUT2D eigenvalue weighted by molar-refractivity contribution is 9.10. The van der Waals surface area contributed by atoms with Gasteiger partial charge in [0, 0.05) is 4.47 Å². The van der Waals surface area contributed by atoms with Gasteiger partial charge >= 0.3 is 6.09 Å². The monoisotopic (exact) mass is 440 g/mol. The lowest BCUT2D eigenvalue weighted by atomic mass is 10.1. The van der Waals surface area contributed by atoms with Crippen molar-refractivity contribution in [1.29, 1.82) is 0 Å². The molecule has 3 N–H and O–H groups in total. The smallest absolute Gasteiger partial charge is 0.411 e. The molecule has 0 radical (unpaired) electrons. The van der Waals surface area contributed by atoms with E-state index < -0.39 is 12.0 Å². The van der Waals surface area contributed by atoms with Crippen molar-refractivity contribution >= 4 is 39.3 Å². The van der Waals surface area contributed by atoms with Crippen LogP contribution >= 0.6 is 15.9 Å². The first-order chi connectivity index (χ1) is 13.5. The van der Waals surface area contributed by atoms with Crippen molar-refractivity contribution < 1.29 is 19.4 Å². The van der Waals surface area contributed by atoms with Gasteiger partial charge in [0.2, 0.25) is 0 Å². The summed E-state index contributed by atoms with van der Waals surface area (Å²) >= 11 is 3.29. The zero-order valence-electron chi connectivity index (χ0n) is 14.7. The molecule has 0 saturated carbocycles. The van der Waals surface area contributed by atoms with E-state index in [4.69, 9.17) is 4.74 Å². The van der Waals surface area contributed by atoms with E-state index in [1.807, 2.05) is 30.3 Å². The minimum atomic E-state index is -0.672. The Morgan fingerprint density at radius 2 is 1.61 bits per heavy atom. The Balaban J connectivity index is 1.69. The molecule has 7 heteroatoms. The Labute approximate surface area is 170 Å². The number of anilines is 2. The molecule has 2 amide bonds. The molecular formula is C21H17BrN2O4. The second kappa shape index (κ2) is 9.05. The minimum absolute atomic E-state index is 0.0655. The lowest BCUT2D eigenvalue weighted by molar-refractivity contribution is 0.102. The van der Waals surface area contributed by atoms with Crippen LogP contribution in [0.15, 0.2) is 77.3 Å². The van der Waals surface area contributed by atoms with Crippen molar-refractivity contribution in [2.75, 3.05) is 10.6 Å². The predicted molar refractivity (Wildman–Crippen MR) is 110 cm³/mol. The highest BCUT2D eigenvalue weighted by Gasteiger charge is 2.15. The molecule has 6 nitrogen and oxygen atoms in total. The number of carbonyl (C=O) groups is 2. The standard InChI is InChI=1S/C21H17BrN2O4/c22-15-10-11-19(25)18(12-15)23-20(26)16-8-4-5-9-17(16)24-21(27)28-13-14-6-2-1-3-7-14/h1-12,25H,13H2,(H,23,26)(H,24,27).